The molecule has 2 rings (SSSR count). The van der Waals surface area contributed by atoms with Gasteiger partial charge in [0.2, 0.25) is 0 Å². The van der Waals surface area contributed by atoms with Crippen LogP contribution in [0.5, 0.6) is 0 Å². The number of halogens is 4. The summed E-state index contributed by atoms with van der Waals surface area (Å²) in [5, 5.41) is 2.80. The van der Waals surface area contributed by atoms with Crippen molar-refractivity contribution in [2.45, 2.75) is 12.1 Å². The minimum absolute atomic E-state index is 0.110. The van der Waals surface area contributed by atoms with Crippen LogP contribution in [0, 0.1) is 3.57 Å². The van der Waals surface area contributed by atoms with Gasteiger partial charge in [-0.1, -0.05) is 0 Å². The number of hydrogen-bond donors (Lipinski definition) is 1. The molecular formula is C10H9F3IN. The van der Waals surface area contributed by atoms with Crippen LogP contribution in [0.1, 0.15) is 17.6 Å². The molecule has 1 fully saturated rings. The normalized spacial score (nSPS) is 19.0. The van der Waals surface area contributed by atoms with E-state index in [1.165, 1.54) is 12.1 Å². The smallest absolute Gasteiger partial charge is 0.263 e. The van der Waals surface area contributed by atoms with E-state index in [9.17, 15) is 13.2 Å². The van der Waals surface area contributed by atoms with E-state index in [4.69, 9.17) is 0 Å². The molecule has 0 atom stereocenters. The molecule has 5 heteroatoms. The van der Waals surface area contributed by atoms with Gasteiger partial charge in [-0.05, 0) is 46.4 Å². The monoisotopic (exact) mass is 327 g/mol. The third-order valence-corrected chi connectivity index (χ3v) is 3.12. The molecule has 0 bridgehead atoms. The van der Waals surface area contributed by atoms with Crippen LogP contribution >= 0.6 is 22.6 Å². The zero-order chi connectivity index (χ0) is 11.1. The Morgan fingerprint density at radius 1 is 1.27 bits per heavy atom. The summed E-state index contributed by atoms with van der Waals surface area (Å²) in [4.78, 5) is 0. The van der Waals surface area contributed by atoms with E-state index in [2.05, 4.69) is 5.32 Å². The van der Waals surface area contributed by atoms with Crippen molar-refractivity contribution in [3.05, 3.63) is 32.9 Å². The summed E-state index contributed by atoms with van der Waals surface area (Å²) in [6, 6.07) is 4.26. The Morgan fingerprint density at radius 3 is 2.40 bits per heavy atom. The molecule has 1 aromatic rings. The summed E-state index contributed by atoms with van der Waals surface area (Å²) >= 11 is 1.92. The molecule has 1 aromatic carbocycles. The first kappa shape index (κ1) is 11.2. The molecule has 0 saturated carbocycles. The molecule has 1 aliphatic rings. The number of nitrogens with one attached hydrogen (secondary N) is 1. The van der Waals surface area contributed by atoms with Gasteiger partial charge in [-0.25, -0.2) is 13.2 Å². The lowest BCUT2D eigenvalue weighted by atomic mass is 9.89. The van der Waals surface area contributed by atoms with Gasteiger partial charge in [0.1, 0.15) is 0 Å². The molecule has 0 unspecified atom stereocenters. The second kappa shape index (κ2) is 3.93. The fourth-order valence-electron chi connectivity index (χ4n) is 1.55. The molecule has 0 radical (unpaired) electrons. The van der Waals surface area contributed by atoms with Gasteiger partial charge >= 0.3 is 0 Å². The maximum absolute atomic E-state index is 14.0. The van der Waals surface area contributed by atoms with Crippen molar-refractivity contribution in [2.75, 3.05) is 13.1 Å². The number of rotatable bonds is 2. The van der Waals surface area contributed by atoms with E-state index in [0.29, 0.717) is 9.13 Å². The molecule has 0 aromatic heterocycles. The van der Waals surface area contributed by atoms with Crippen molar-refractivity contribution in [3.63, 3.8) is 0 Å². The lowest BCUT2D eigenvalue weighted by molar-refractivity contribution is 0.0882. The van der Waals surface area contributed by atoms with Crippen LogP contribution in [0.15, 0.2) is 18.2 Å². The highest BCUT2D eigenvalue weighted by Crippen LogP contribution is 2.33. The Labute approximate surface area is 99.2 Å². The van der Waals surface area contributed by atoms with Crippen molar-refractivity contribution in [1.29, 1.82) is 0 Å². The first-order chi connectivity index (χ1) is 7.01. The molecule has 1 saturated heterocycles. The lowest BCUT2D eigenvalue weighted by Gasteiger charge is -2.35. The molecule has 1 aliphatic heterocycles. The SMILES string of the molecule is FC(F)c1cc(I)cc(C2(F)CNC2)c1. The predicted octanol–water partition coefficient (Wildman–Crippen LogP) is 3.00. The summed E-state index contributed by atoms with van der Waals surface area (Å²) in [5.41, 5.74) is -1.23. The summed E-state index contributed by atoms with van der Waals surface area (Å²) in [6.45, 7) is 0.408. The first-order valence-corrected chi connectivity index (χ1v) is 5.58. The van der Waals surface area contributed by atoms with Crippen molar-refractivity contribution < 1.29 is 13.2 Å². The van der Waals surface area contributed by atoms with Crippen LogP contribution < -0.4 is 5.32 Å². The van der Waals surface area contributed by atoms with Crippen molar-refractivity contribution in [3.8, 4) is 0 Å². The Bertz CT molecular complexity index is 377. The minimum Gasteiger partial charge on any atom is -0.310 e. The molecule has 0 spiro atoms. The van der Waals surface area contributed by atoms with Gasteiger partial charge in [0.15, 0.2) is 5.67 Å². The molecule has 1 heterocycles. The van der Waals surface area contributed by atoms with E-state index in [1.807, 2.05) is 22.6 Å². The Hall–Kier alpha value is -0.300. The van der Waals surface area contributed by atoms with Gasteiger partial charge in [0.05, 0.1) is 0 Å². The summed E-state index contributed by atoms with van der Waals surface area (Å²) in [5.74, 6) is 0. The van der Waals surface area contributed by atoms with Crippen LogP contribution in [-0.2, 0) is 5.67 Å². The van der Waals surface area contributed by atoms with E-state index >= 15 is 0 Å². The van der Waals surface area contributed by atoms with Gasteiger partial charge in [0, 0.05) is 22.2 Å². The van der Waals surface area contributed by atoms with Crippen LogP contribution in [0.2, 0.25) is 0 Å². The Kier molecular flexibility index (Phi) is 2.94. The van der Waals surface area contributed by atoms with Crippen molar-refractivity contribution in [1.82, 2.24) is 5.32 Å². The van der Waals surface area contributed by atoms with Gasteiger partial charge in [-0.15, -0.1) is 0 Å². The Balaban J connectivity index is 2.39. The van der Waals surface area contributed by atoms with Gasteiger partial charge in [-0.3, -0.25) is 0 Å². The maximum atomic E-state index is 14.0. The van der Waals surface area contributed by atoms with E-state index in [0.717, 1.165) is 0 Å². The minimum atomic E-state index is -2.55. The highest BCUT2D eigenvalue weighted by atomic mass is 127. The lowest BCUT2D eigenvalue weighted by Crippen LogP contribution is -2.53. The number of hydrogen-bond acceptors (Lipinski definition) is 1. The second-order valence-corrected chi connectivity index (χ2v) is 4.89. The maximum Gasteiger partial charge on any atom is 0.263 e. The average Bonchev–Trinajstić information content (AvgIpc) is 2.13. The van der Waals surface area contributed by atoms with Crippen LogP contribution in [0.4, 0.5) is 13.2 Å². The standard InChI is InChI=1S/C10H9F3IN/c11-9(12)6-1-7(3-8(14)2-6)10(13)4-15-5-10/h1-3,9,15H,4-5H2. The van der Waals surface area contributed by atoms with Crippen LogP contribution in [0.3, 0.4) is 0 Å². The molecule has 82 valence electrons. The zero-order valence-electron chi connectivity index (χ0n) is 7.74. The molecule has 1 nitrogen and oxygen atoms in total. The van der Waals surface area contributed by atoms with E-state index in [1.54, 1.807) is 6.07 Å². The molecule has 0 aliphatic carbocycles. The molecule has 15 heavy (non-hydrogen) atoms. The number of alkyl halides is 3. The zero-order valence-corrected chi connectivity index (χ0v) is 9.89. The second-order valence-electron chi connectivity index (χ2n) is 3.64. The molecule has 0 amide bonds. The van der Waals surface area contributed by atoms with Gasteiger partial charge < -0.3 is 5.32 Å². The third-order valence-electron chi connectivity index (χ3n) is 2.50. The van der Waals surface area contributed by atoms with Crippen LogP contribution in [-0.4, -0.2) is 13.1 Å². The fourth-order valence-corrected chi connectivity index (χ4v) is 2.24. The molecule has 1 N–H and O–H groups in total. The van der Waals surface area contributed by atoms with E-state index in [-0.39, 0.29) is 18.7 Å². The quantitative estimate of drug-likeness (QED) is 0.824. The van der Waals surface area contributed by atoms with Gasteiger partial charge in [-0.2, -0.15) is 0 Å². The Morgan fingerprint density at radius 2 is 1.93 bits per heavy atom. The predicted molar refractivity (Wildman–Crippen MR) is 59.8 cm³/mol. The van der Waals surface area contributed by atoms with Crippen molar-refractivity contribution in [2.24, 2.45) is 0 Å². The van der Waals surface area contributed by atoms with Crippen molar-refractivity contribution >= 4 is 22.6 Å². The first-order valence-electron chi connectivity index (χ1n) is 4.50. The summed E-state index contributed by atoms with van der Waals surface area (Å²) in [6.07, 6.45) is -2.55. The average molecular weight is 327 g/mol. The number of benzene rings is 1. The topological polar surface area (TPSA) is 12.0 Å². The highest BCUT2D eigenvalue weighted by Gasteiger charge is 2.39. The highest BCUT2D eigenvalue weighted by molar-refractivity contribution is 14.1. The summed E-state index contributed by atoms with van der Waals surface area (Å²) in [7, 11) is 0. The third kappa shape index (κ3) is 2.13. The fraction of sp³-hybridized carbons (Fsp3) is 0.400. The molecular weight excluding hydrogens is 318 g/mol. The largest absolute Gasteiger partial charge is 0.310 e. The van der Waals surface area contributed by atoms with Crippen LogP contribution in [0.25, 0.3) is 0 Å². The van der Waals surface area contributed by atoms with E-state index < -0.39 is 12.1 Å². The summed E-state index contributed by atoms with van der Waals surface area (Å²) < 4.78 is 39.6. The van der Waals surface area contributed by atoms with Gasteiger partial charge in [0.25, 0.3) is 6.43 Å².